The van der Waals surface area contributed by atoms with E-state index in [2.05, 4.69) is 10.4 Å². The SMILES string of the molecule is CCOC(=O)c1c(C)nn(C)c1NC(=O)C(N)CO. The van der Waals surface area contributed by atoms with E-state index in [1.165, 1.54) is 4.68 Å². The molecule has 106 valence electrons. The van der Waals surface area contributed by atoms with Crippen molar-refractivity contribution in [2.24, 2.45) is 12.8 Å². The van der Waals surface area contributed by atoms with Gasteiger partial charge in [-0.2, -0.15) is 5.10 Å². The van der Waals surface area contributed by atoms with Gasteiger partial charge in [-0.05, 0) is 13.8 Å². The van der Waals surface area contributed by atoms with Crippen LogP contribution < -0.4 is 11.1 Å². The predicted molar refractivity (Wildman–Crippen MR) is 67.6 cm³/mol. The van der Waals surface area contributed by atoms with Crippen molar-refractivity contribution < 1.29 is 19.4 Å². The van der Waals surface area contributed by atoms with Gasteiger partial charge in [0.1, 0.15) is 17.4 Å². The number of ether oxygens (including phenoxy) is 1. The van der Waals surface area contributed by atoms with Gasteiger partial charge in [0.05, 0.1) is 18.9 Å². The number of aliphatic hydroxyl groups is 1. The highest BCUT2D eigenvalue weighted by Gasteiger charge is 2.24. The van der Waals surface area contributed by atoms with Gasteiger partial charge in [0.15, 0.2) is 0 Å². The third kappa shape index (κ3) is 3.30. The molecule has 1 amide bonds. The molecular weight excluding hydrogens is 252 g/mol. The average Bonchev–Trinajstić information content (AvgIpc) is 2.63. The summed E-state index contributed by atoms with van der Waals surface area (Å²) < 4.78 is 6.26. The number of carbonyl (C=O) groups is 2. The number of rotatable bonds is 5. The van der Waals surface area contributed by atoms with E-state index in [1.807, 2.05) is 0 Å². The van der Waals surface area contributed by atoms with Crippen molar-refractivity contribution in [3.8, 4) is 0 Å². The number of hydrogen-bond acceptors (Lipinski definition) is 6. The van der Waals surface area contributed by atoms with Gasteiger partial charge in [-0.3, -0.25) is 9.48 Å². The van der Waals surface area contributed by atoms with Crippen LogP contribution in [0.1, 0.15) is 23.0 Å². The van der Waals surface area contributed by atoms with Crippen LogP contribution in [0.3, 0.4) is 0 Å². The lowest BCUT2D eigenvalue weighted by atomic mass is 10.2. The van der Waals surface area contributed by atoms with Crippen LogP contribution in [0.2, 0.25) is 0 Å². The number of aromatic nitrogens is 2. The molecule has 1 aromatic rings. The fourth-order valence-corrected chi connectivity index (χ4v) is 1.54. The van der Waals surface area contributed by atoms with Crippen LogP contribution in [0, 0.1) is 6.92 Å². The maximum absolute atomic E-state index is 11.8. The average molecular weight is 270 g/mol. The summed E-state index contributed by atoms with van der Waals surface area (Å²) in [6.45, 7) is 3.05. The van der Waals surface area contributed by atoms with Crippen molar-refractivity contribution in [2.45, 2.75) is 19.9 Å². The number of hydrogen-bond donors (Lipinski definition) is 3. The van der Waals surface area contributed by atoms with Crippen molar-refractivity contribution >= 4 is 17.7 Å². The molecule has 8 nitrogen and oxygen atoms in total. The molecule has 1 rings (SSSR count). The second-order valence-electron chi connectivity index (χ2n) is 3.93. The number of nitrogens with two attached hydrogens (primary N) is 1. The van der Waals surface area contributed by atoms with E-state index in [9.17, 15) is 9.59 Å². The molecule has 8 heteroatoms. The number of esters is 1. The third-order valence-electron chi connectivity index (χ3n) is 2.48. The molecule has 4 N–H and O–H groups in total. The van der Waals surface area contributed by atoms with Crippen LogP contribution in [0.15, 0.2) is 0 Å². The predicted octanol–water partition coefficient (Wildman–Crippen LogP) is -0.837. The number of anilines is 1. The fraction of sp³-hybridized carbons (Fsp3) is 0.545. The highest BCUT2D eigenvalue weighted by molar-refractivity contribution is 6.02. The van der Waals surface area contributed by atoms with E-state index in [0.717, 1.165) is 0 Å². The van der Waals surface area contributed by atoms with E-state index in [-0.39, 0.29) is 18.0 Å². The molecule has 0 radical (unpaired) electrons. The van der Waals surface area contributed by atoms with Gasteiger partial charge in [0.25, 0.3) is 0 Å². The molecule has 0 aromatic carbocycles. The lowest BCUT2D eigenvalue weighted by molar-refractivity contribution is -0.118. The van der Waals surface area contributed by atoms with Crippen LogP contribution in [-0.2, 0) is 16.6 Å². The molecule has 0 fully saturated rings. The Labute approximate surface area is 110 Å². The van der Waals surface area contributed by atoms with Crippen LogP contribution in [0.4, 0.5) is 5.82 Å². The summed E-state index contributed by atoms with van der Waals surface area (Å²) in [7, 11) is 1.58. The number of aliphatic hydroxyl groups excluding tert-OH is 1. The fourth-order valence-electron chi connectivity index (χ4n) is 1.54. The summed E-state index contributed by atoms with van der Waals surface area (Å²) in [4.78, 5) is 23.5. The van der Waals surface area contributed by atoms with E-state index in [0.29, 0.717) is 5.69 Å². The Kier molecular flexibility index (Phi) is 5.02. The van der Waals surface area contributed by atoms with Gasteiger partial charge >= 0.3 is 5.97 Å². The van der Waals surface area contributed by atoms with Gasteiger partial charge < -0.3 is 20.9 Å². The molecule has 1 unspecified atom stereocenters. The van der Waals surface area contributed by atoms with E-state index in [4.69, 9.17) is 15.6 Å². The summed E-state index contributed by atoms with van der Waals surface area (Å²) in [6.07, 6.45) is 0. The van der Waals surface area contributed by atoms with Crippen molar-refractivity contribution in [3.63, 3.8) is 0 Å². The molecule has 0 aliphatic heterocycles. The third-order valence-corrected chi connectivity index (χ3v) is 2.48. The second kappa shape index (κ2) is 6.30. The standard InChI is InChI=1S/C11H18N4O4/c1-4-19-11(18)8-6(2)14-15(3)9(8)13-10(17)7(12)5-16/h7,16H,4-5,12H2,1-3H3,(H,13,17). The summed E-state index contributed by atoms with van der Waals surface area (Å²) in [5.74, 6) is -0.970. The van der Waals surface area contributed by atoms with Crippen LogP contribution in [0.25, 0.3) is 0 Å². The highest BCUT2D eigenvalue weighted by Crippen LogP contribution is 2.20. The quantitative estimate of drug-likeness (QED) is 0.600. The van der Waals surface area contributed by atoms with Gasteiger partial charge in [-0.15, -0.1) is 0 Å². The molecular formula is C11H18N4O4. The molecule has 0 aliphatic rings. The number of carbonyl (C=O) groups excluding carboxylic acids is 2. The monoisotopic (exact) mass is 270 g/mol. The summed E-state index contributed by atoms with van der Waals surface area (Å²) >= 11 is 0. The van der Waals surface area contributed by atoms with Crippen LogP contribution in [-0.4, -0.2) is 46.0 Å². The molecule has 0 saturated carbocycles. The molecule has 1 atom stereocenters. The largest absolute Gasteiger partial charge is 0.462 e. The van der Waals surface area contributed by atoms with Crippen molar-refractivity contribution in [3.05, 3.63) is 11.3 Å². The lowest BCUT2D eigenvalue weighted by Gasteiger charge is -2.11. The normalized spacial score (nSPS) is 12.1. The minimum atomic E-state index is -1.06. The summed E-state index contributed by atoms with van der Waals surface area (Å²) in [5, 5.41) is 15.3. The van der Waals surface area contributed by atoms with Gasteiger partial charge in [-0.1, -0.05) is 0 Å². The zero-order valence-electron chi connectivity index (χ0n) is 11.1. The van der Waals surface area contributed by atoms with Gasteiger partial charge in [0, 0.05) is 7.05 Å². The smallest absolute Gasteiger partial charge is 0.343 e. The number of amides is 1. The maximum Gasteiger partial charge on any atom is 0.343 e. The Morgan fingerprint density at radius 1 is 1.58 bits per heavy atom. The molecule has 0 bridgehead atoms. The minimum Gasteiger partial charge on any atom is -0.462 e. The Balaban J connectivity index is 3.06. The molecule has 0 aliphatic carbocycles. The molecule has 0 saturated heterocycles. The maximum atomic E-state index is 11.8. The van der Waals surface area contributed by atoms with Crippen molar-refractivity contribution in [1.82, 2.24) is 9.78 Å². The topological polar surface area (TPSA) is 119 Å². The number of nitrogens with one attached hydrogen (secondary N) is 1. The van der Waals surface area contributed by atoms with E-state index >= 15 is 0 Å². The van der Waals surface area contributed by atoms with Crippen LogP contribution >= 0.6 is 0 Å². The summed E-state index contributed by atoms with van der Waals surface area (Å²) in [5.41, 5.74) is 6.02. The molecule has 1 aromatic heterocycles. The number of aryl methyl sites for hydroxylation is 2. The lowest BCUT2D eigenvalue weighted by Crippen LogP contribution is -2.39. The first-order valence-corrected chi connectivity index (χ1v) is 5.80. The molecule has 1 heterocycles. The van der Waals surface area contributed by atoms with E-state index < -0.39 is 24.5 Å². The highest BCUT2D eigenvalue weighted by atomic mass is 16.5. The Morgan fingerprint density at radius 3 is 2.74 bits per heavy atom. The molecule has 0 spiro atoms. The van der Waals surface area contributed by atoms with Crippen molar-refractivity contribution in [1.29, 1.82) is 0 Å². The van der Waals surface area contributed by atoms with Crippen molar-refractivity contribution in [2.75, 3.05) is 18.5 Å². The van der Waals surface area contributed by atoms with Crippen LogP contribution in [0.5, 0.6) is 0 Å². The first kappa shape index (κ1) is 15.1. The Bertz CT molecular complexity index is 483. The first-order valence-electron chi connectivity index (χ1n) is 5.80. The number of nitrogens with zero attached hydrogens (tertiary/aromatic N) is 2. The van der Waals surface area contributed by atoms with E-state index in [1.54, 1.807) is 20.9 Å². The Hall–Kier alpha value is -1.93. The summed E-state index contributed by atoms with van der Waals surface area (Å²) in [6, 6.07) is -1.06. The van der Waals surface area contributed by atoms with Gasteiger partial charge in [-0.25, -0.2) is 4.79 Å². The molecule has 19 heavy (non-hydrogen) atoms. The minimum absolute atomic E-state index is 0.183. The zero-order chi connectivity index (χ0) is 14.6. The zero-order valence-corrected chi connectivity index (χ0v) is 11.1. The van der Waals surface area contributed by atoms with Gasteiger partial charge in [0.2, 0.25) is 5.91 Å². The second-order valence-corrected chi connectivity index (χ2v) is 3.93. The Morgan fingerprint density at radius 2 is 2.21 bits per heavy atom. The first-order chi connectivity index (χ1) is 8.92.